The zero-order chi connectivity index (χ0) is 24.9. The van der Waals surface area contributed by atoms with Gasteiger partial charge in [-0.15, -0.1) is 0 Å². The van der Waals surface area contributed by atoms with Crippen LogP contribution in [0.5, 0.6) is 0 Å². The third-order valence-electron chi connectivity index (χ3n) is 3.15. The third kappa shape index (κ3) is 3.47. The summed E-state index contributed by atoms with van der Waals surface area (Å²) < 4.78 is 92.8. The van der Waals surface area contributed by atoms with Crippen molar-refractivity contribution < 1.29 is 20.8 Å². The minimum absolute atomic E-state index is 0.0239. The Balaban J connectivity index is 2.24. The average Bonchev–Trinajstić information content (AvgIpc) is 2.70. The van der Waals surface area contributed by atoms with Gasteiger partial charge in [-0.1, -0.05) is 23.7 Å². The summed E-state index contributed by atoms with van der Waals surface area (Å²) >= 11 is 6.04. The van der Waals surface area contributed by atoms with Gasteiger partial charge in [-0.25, -0.2) is 8.42 Å². The molecule has 0 amide bonds. The first-order valence-corrected chi connectivity index (χ1v) is 8.42. The molecule has 0 spiro atoms. The molecule has 0 bridgehead atoms. The van der Waals surface area contributed by atoms with E-state index in [1.54, 1.807) is 0 Å². The van der Waals surface area contributed by atoms with E-state index in [4.69, 9.17) is 23.9 Å². The van der Waals surface area contributed by atoms with Crippen molar-refractivity contribution >= 4 is 21.4 Å². The summed E-state index contributed by atoms with van der Waals surface area (Å²) in [6, 6.07) is 6.75. The number of hydrogen-bond donors (Lipinski definition) is 0. The van der Waals surface area contributed by atoms with Crippen LogP contribution >= 0.6 is 11.6 Å². The van der Waals surface area contributed by atoms with E-state index in [0.717, 1.165) is 12.1 Å². The molecule has 0 unspecified atom stereocenters. The second-order valence-electron chi connectivity index (χ2n) is 4.77. The highest BCUT2D eigenvalue weighted by molar-refractivity contribution is 7.90. The van der Waals surface area contributed by atoms with E-state index >= 15 is 0 Å². The fourth-order valence-electron chi connectivity index (χ4n) is 2.05. The van der Waals surface area contributed by atoms with Gasteiger partial charge in [0.25, 0.3) is 0 Å². The predicted molar refractivity (Wildman–Crippen MR) is 95.8 cm³/mol. The smallest absolute Gasteiger partial charge is 0.175 e. The molecule has 24 heavy (non-hydrogen) atoms. The third-order valence-corrected chi connectivity index (χ3v) is 4.22. The Morgan fingerprint density at radius 3 is 2.46 bits per heavy atom. The molecule has 0 saturated heterocycles. The SMILES string of the molecule is [2H]c1nc(C([2H])([2H])[2H])ccc1-c1nc([2H])c(Cl)c([2H])c1-c1ccc(S(=O)(=O)C([2H])([2H])[2H])cc1. The molecule has 1 aromatic carbocycles. The second-order valence-corrected chi connectivity index (χ2v) is 6.63. The quantitative estimate of drug-likeness (QED) is 0.696. The Labute approximate surface area is 158 Å². The molecule has 0 aliphatic rings. The van der Waals surface area contributed by atoms with Gasteiger partial charge in [0.1, 0.15) is 0 Å². The molecule has 0 fully saturated rings. The number of nitrogens with zero attached hydrogens (tertiary/aromatic N) is 2. The Morgan fingerprint density at radius 1 is 1.04 bits per heavy atom. The monoisotopic (exact) mass is 367 g/mol. The van der Waals surface area contributed by atoms with Crippen LogP contribution in [0.3, 0.4) is 0 Å². The molecule has 3 rings (SSSR count). The molecule has 122 valence electrons. The van der Waals surface area contributed by atoms with Crippen LogP contribution in [0.25, 0.3) is 22.4 Å². The molecule has 2 aromatic heterocycles. The number of rotatable bonds is 3. The lowest BCUT2D eigenvalue weighted by molar-refractivity contribution is 0.602. The van der Waals surface area contributed by atoms with Crippen LogP contribution in [-0.2, 0) is 9.84 Å². The van der Waals surface area contributed by atoms with E-state index in [0.29, 0.717) is 0 Å². The van der Waals surface area contributed by atoms with Gasteiger partial charge in [-0.05, 0) is 42.7 Å². The van der Waals surface area contributed by atoms with Gasteiger partial charge >= 0.3 is 0 Å². The van der Waals surface area contributed by atoms with Crippen molar-refractivity contribution in [1.29, 1.82) is 0 Å². The first-order chi connectivity index (χ1) is 15.1. The first kappa shape index (κ1) is 8.74. The maximum atomic E-state index is 12.2. The summed E-state index contributed by atoms with van der Waals surface area (Å²) in [5, 5.41) is -0.299. The number of sulfone groups is 1. The van der Waals surface area contributed by atoms with Gasteiger partial charge in [0.15, 0.2) is 9.84 Å². The number of aryl methyl sites for hydroxylation is 1. The molecule has 2 heterocycles. The van der Waals surface area contributed by atoms with Crippen molar-refractivity contribution in [2.45, 2.75) is 11.7 Å². The summed E-state index contributed by atoms with van der Waals surface area (Å²) in [6.07, 6.45) is -4.17. The summed E-state index contributed by atoms with van der Waals surface area (Å²) in [5.74, 6) is 0. The number of halogens is 1. The summed E-state index contributed by atoms with van der Waals surface area (Å²) in [5.41, 5.74) is -0.103. The fraction of sp³-hybridized carbons (Fsp3) is 0.111. The second kappa shape index (κ2) is 6.34. The van der Waals surface area contributed by atoms with Gasteiger partial charge in [-0.2, -0.15) is 0 Å². The van der Waals surface area contributed by atoms with Crippen molar-refractivity contribution in [1.82, 2.24) is 9.97 Å². The lowest BCUT2D eigenvalue weighted by Crippen LogP contribution is -1.97. The normalized spacial score (nSPS) is 18.0. The minimum atomic E-state index is -4.60. The van der Waals surface area contributed by atoms with E-state index in [9.17, 15) is 8.42 Å². The van der Waals surface area contributed by atoms with E-state index < -0.39 is 40.1 Å². The van der Waals surface area contributed by atoms with Crippen LogP contribution in [0.4, 0.5) is 0 Å². The Kier molecular flexibility index (Phi) is 2.31. The predicted octanol–water partition coefficient (Wildman–Crippen LogP) is 4.18. The van der Waals surface area contributed by atoms with Crippen LogP contribution in [-0.4, -0.2) is 24.6 Å². The van der Waals surface area contributed by atoms with Crippen LogP contribution in [0, 0.1) is 6.85 Å². The van der Waals surface area contributed by atoms with Crippen LogP contribution in [0.15, 0.2) is 59.7 Å². The summed E-state index contributed by atoms with van der Waals surface area (Å²) in [6.45, 7) is -2.55. The molecule has 0 atom stereocenters. The van der Waals surface area contributed by atoms with Crippen molar-refractivity contribution in [2.24, 2.45) is 0 Å². The topological polar surface area (TPSA) is 59.9 Å². The van der Waals surface area contributed by atoms with Crippen LogP contribution < -0.4 is 0 Å². The lowest BCUT2D eigenvalue weighted by atomic mass is 10.0. The average molecular weight is 368 g/mol. The van der Waals surface area contributed by atoms with Gasteiger partial charge in [0.05, 0.1) is 19.7 Å². The van der Waals surface area contributed by atoms with E-state index in [1.165, 1.54) is 24.3 Å². The molecule has 0 N–H and O–H groups in total. The molecule has 3 aromatic rings. The van der Waals surface area contributed by atoms with E-state index in [2.05, 4.69) is 9.97 Å². The Bertz CT molecular complexity index is 1340. The van der Waals surface area contributed by atoms with E-state index in [1.807, 2.05) is 0 Å². The van der Waals surface area contributed by atoms with Gasteiger partial charge in [-0.3, -0.25) is 9.97 Å². The largest absolute Gasteiger partial charge is 0.261 e. The van der Waals surface area contributed by atoms with Crippen LogP contribution in [0.1, 0.15) is 18.0 Å². The highest BCUT2D eigenvalue weighted by Gasteiger charge is 2.12. The van der Waals surface area contributed by atoms with Crippen LogP contribution in [0.2, 0.25) is 5.02 Å². The van der Waals surface area contributed by atoms with E-state index in [-0.39, 0.29) is 39.1 Å². The minimum Gasteiger partial charge on any atom is -0.261 e. The van der Waals surface area contributed by atoms with Crippen molar-refractivity contribution in [2.75, 3.05) is 6.18 Å². The molecular weight excluding hydrogens is 344 g/mol. The summed E-state index contributed by atoms with van der Waals surface area (Å²) in [7, 11) is -4.60. The van der Waals surface area contributed by atoms with Crippen molar-refractivity contribution in [3.05, 3.63) is 65.5 Å². The molecule has 0 aliphatic carbocycles. The highest BCUT2D eigenvalue weighted by atomic mass is 35.5. The number of hydrogen-bond acceptors (Lipinski definition) is 4. The van der Waals surface area contributed by atoms with Crippen molar-refractivity contribution in [3.8, 4) is 22.4 Å². The Hall–Kier alpha value is -2.24. The first-order valence-electron chi connectivity index (χ1n) is 11.1. The highest BCUT2D eigenvalue weighted by Crippen LogP contribution is 2.32. The molecule has 0 aliphatic heterocycles. The summed E-state index contributed by atoms with van der Waals surface area (Å²) in [4.78, 5) is 7.37. The number of pyridine rings is 2. The van der Waals surface area contributed by atoms with Gasteiger partial charge < -0.3 is 0 Å². The standard InChI is InChI=1S/C18H15ClN2O2S/c1-12-3-4-14(10-20-12)18-17(9-15(19)11-21-18)13-5-7-16(8-6-13)24(2,22)23/h3-11H,1-2H3/i1D3,2D3,9D,10D,11D. The van der Waals surface area contributed by atoms with Crippen molar-refractivity contribution in [3.63, 3.8) is 0 Å². The molecule has 6 heteroatoms. The fourth-order valence-corrected chi connectivity index (χ4v) is 2.68. The molecule has 0 radical (unpaired) electrons. The molecular formula is C18H15ClN2O2S. The Morgan fingerprint density at radius 2 is 1.79 bits per heavy atom. The zero-order valence-corrected chi connectivity index (χ0v) is 13.5. The van der Waals surface area contributed by atoms with Gasteiger partial charge in [0.2, 0.25) is 0 Å². The maximum Gasteiger partial charge on any atom is 0.175 e. The lowest BCUT2D eigenvalue weighted by Gasteiger charge is -2.10. The zero-order valence-electron chi connectivity index (χ0n) is 21.0. The number of aromatic nitrogens is 2. The number of benzene rings is 1. The molecule has 4 nitrogen and oxygen atoms in total. The van der Waals surface area contributed by atoms with Gasteiger partial charge in [0, 0.05) is 43.6 Å². The molecule has 0 saturated carbocycles. The maximum absolute atomic E-state index is 12.2.